The van der Waals surface area contributed by atoms with Crippen molar-refractivity contribution in [3.05, 3.63) is 70.9 Å². The molecule has 1 aliphatic heterocycles. The monoisotopic (exact) mass is 611 g/mol. The topological polar surface area (TPSA) is 116 Å². The van der Waals surface area contributed by atoms with Gasteiger partial charge in [0.25, 0.3) is 5.91 Å². The Labute approximate surface area is 253 Å². The first kappa shape index (κ1) is 32.4. The van der Waals surface area contributed by atoms with Gasteiger partial charge < -0.3 is 24.8 Å². The molecule has 3 aromatic rings. The summed E-state index contributed by atoms with van der Waals surface area (Å²) in [5.41, 5.74) is 0.612. The summed E-state index contributed by atoms with van der Waals surface area (Å²) in [5.74, 6) is -0.609. The fourth-order valence-corrected chi connectivity index (χ4v) is 5.11. The summed E-state index contributed by atoms with van der Waals surface area (Å²) >= 11 is 0. The van der Waals surface area contributed by atoms with Gasteiger partial charge in [-0.3, -0.25) is 9.59 Å². The summed E-state index contributed by atoms with van der Waals surface area (Å²) in [5, 5.41) is 15.7. The number of fused-ring (bicyclic) bond motifs is 1. The molecule has 2 aromatic carbocycles. The lowest BCUT2D eigenvalue weighted by molar-refractivity contribution is -0.137. The van der Waals surface area contributed by atoms with Gasteiger partial charge in [0.05, 0.1) is 22.7 Å². The molecule has 0 radical (unpaired) electrons. The normalized spacial score (nSPS) is 14.2. The molecule has 0 unspecified atom stereocenters. The maximum atomic E-state index is 13.7. The fraction of sp³-hybridized carbons (Fsp3) is 0.438. The van der Waals surface area contributed by atoms with Gasteiger partial charge >= 0.3 is 12.3 Å². The van der Waals surface area contributed by atoms with Crippen LogP contribution in [0, 0.1) is 17.2 Å². The SMILES string of the molecule is CC(C)(C)OC(=O)NCCCNC(=O)C1CCN(C(=O)c2cc3ccc(C#N)cc3n2Cc2ccc(C(F)(F)F)cc2)CC1. The molecule has 1 saturated heterocycles. The Kier molecular flexibility index (Phi) is 9.87. The second-order valence-electron chi connectivity index (χ2n) is 11.8. The van der Waals surface area contributed by atoms with E-state index in [-0.39, 0.29) is 24.3 Å². The van der Waals surface area contributed by atoms with Crippen LogP contribution in [0.1, 0.15) is 67.2 Å². The second kappa shape index (κ2) is 13.4. The zero-order valence-corrected chi connectivity index (χ0v) is 25.0. The first-order valence-corrected chi connectivity index (χ1v) is 14.5. The Bertz CT molecular complexity index is 1540. The number of rotatable bonds is 8. The van der Waals surface area contributed by atoms with Gasteiger partial charge in [0.15, 0.2) is 0 Å². The maximum Gasteiger partial charge on any atom is 0.416 e. The van der Waals surface area contributed by atoms with Crippen molar-refractivity contribution in [3.8, 4) is 6.07 Å². The van der Waals surface area contributed by atoms with Crippen molar-refractivity contribution in [2.45, 2.75) is 58.4 Å². The third-order valence-corrected chi connectivity index (χ3v) is 7.35. The number of nitrogens with zero attached hydrogens (tertiary/aromatic N) is 3. The van der Waals surface area contributed by atoms with Crippen molar-refractivity contribution in [2.75, 3.05) is 26.2 Å². The molecule has 0 aliphatic carbocycles. The van der Waals surface area contributed by atoms with Crippen LogP contribution < -0.4 is 10.6 Å². The van der Waals surface area contributed by atoms with E-state index in [1.54, 1.807) is 54.5 Å². The van der Waals surface area contributed by atoms with Gasteiger partial charge in [0.1, 0.15) is 11.3 Å². The molecule has 1 aliphatic rings. The predicted molar refractivity (Wildman–Crippen MR) is 158 cm³/mol. The summed E-state index contributed by atoms with van der Waals surface area (Å²) in [4.78, 5) is 39.9. The van der Waals surface area contributed by atoms with Gasteiger partial charge in [-0.25, -0.2) is 4.79 Å². The van der Waals surface area contributed by atoms with Gasteiger partial charge in [0, 0.05) is 44.0 Å². The van der Waals surface area contributed by atoms with E-state index in [1.807, 2.05) is 0 Å². The molecular formula is C32H36F3N5O4. The number of likely N-dealkylation sites (tertiary alicyclic amines) is 1. The van der Waals surface area contributed by atoms with Crippen molar-refractivity contribution in [3.63, 3.8) is 0 Å². The van der Waals surface area contributed by atoms with E-state index < -0.39 is 23.4 Å². The number of alkyl halides is 3. The standard InChI is InChI=1S/C32H36F3N5O4/c1-31(2,3)44-30(43)38-14-4-13-37-28(41)23-11-15-39(16-12-23)29(42)27-18-24-8-5-22(19-36)17-26(24)40(27)20-21-6-9-25(10-7-21)32(33,34)35/h5-10,17-18,23H,4,11-16,20H2,1-3H3,(H,37,41)(H,38,43). The van der Waals surface area contributed by atoms with Crippen LogP contribution in [0.4, 0.5) is 18.0 Å². The highest BCUT2D eigenvalue weighted by molar-refractivity contribution is 5.99. The summed E-state index contributed by atoms with van der Waals surface area (Å²) in [6.45, 7) is 6.95. The van der Waals surface area contributed by atoms with Crippen molar-refractivity contribution >= 4 is 28.8 Å². The Balaban J connectivity index is 1.38. The predicted octanol–water partition coefficient (Wildman–Crippen LogP) is 5.46. The molecule has 12 heteroatoms. The van der Waals surface area contributed by atoms with Crippen LogP contribution in [0.25, 0.3) is 10.9 Å². The maximum absolute atomic E-state index is 13.7. The Morgan fingerprint density at radius 3 is 2.25 bits per heavy atom. The summed E-state index contributed by atoms with van der Waals surface area (Å²) in [6.07, 6.45) is -3.47. The van der Waals surface area contributed by atoms with Crippen LogP contribution in [0.15, 0.2) is 48.5 Å². The number of hydrogen-bond donors (Lipinski definition) is 2. The summed E-state index contributed by atoms with van der Waals surface area (Å²) < 4.78 is 46.1. The van der Waals surface area contributed by atoms with Gasteiger partial charge in [-0.15, -0.1) is 0 Å². The van der Waals surface area contributed by atoms with Crippen molar-refractivity contribution < 1.29 is 32.3 Å². The van der Waals surface area contributed by atoms with Gasteiger partial charge in [-0.2, -0.15) is 18.4 Å². The van der Waals surface area contributed by atoms with E-state index in [2.05, 4.69) is 16.7 Å². The largest absolute Gasteiger partial charge is 0.444 e. The molecular weight excluding hydrogens is 575 g/mol. The van der Waals surface area contributed by atoms with Crippen LogP contribution in [0.5, 0.6) is 0 Å². The van der Waals surface area contributed by atoms with Crippen LogP contribution in [0.3, 0.4) is 0 Å². The highest BCUT2D eigenvalue weighted by atomic mass is 19.4. The molecule has 2 N–H and O–H groups in total. The number of carbonyl (C=O) groups is 3. The number of aromatic nitrogens is 1. The number of nitriles is 1. The molecule has 1 aromatic heterocycles. The third-order valence-electron chi connectivity index (χ3n) is 7.35. The highest BCUT2D eigenvalue weighted by Crippen LogP contribution is 2.30. The van der Waals surface area contributed by atoms with E-state index in [0.29, 0.717) is 67.8 Å². The molecule has 0 bridgehead atoms. The van der Waals surface area contributed by atoms with Crippen molar-refractivity contribution in [2.24, 2.45) is 5.92 Å². The molecule has 2 heterocycles. The summed E-state index contributed by atoms with van der Waals surface area (Å²) in [7, 11) is 0. The quantitative estimate of drug-likeness (QED) is 0.328. The van der Waals surface area contributed by atoms with Gasteiger partial charge in [-0.1, -0.05) is 18.2 Å². The smallest absolute Gasteiger partial charge is 0.416 e. The molecule has 3 amide bonds. The van der Waals surface area contributed by atoms with E-state index >= 15 is 0 Å². The zero-order valence-electron chi connectivity index (χ0n) is 25.0. The molecule has 1 fully saturated rings. The van der Waals surface area contributed by atoms with E-state index in [1.165, 1.54) is 12.1 Å². The Morgan fingerprint density at radius 1 is 0.977 bits per heavy atom. The number of ether oxygens (including phenoxy) is 1. The zero-order chi connectivity index (χ0) is 32.1. The first-order valence-electron chi connectivity index (χ1n) is 14.5. The number of benzene rings is 2. The number of hydrogen-bond acceptors (Lipinski definition) is 5. The number of nitrogens with one attached hydrogen (secondary N) is 2. The van der Waals surface area contributed by atoms with E-state index in [4.69, 9.17) is 4.74 Å². The van der Waals surface area contributed by atoms with Crippen molar-refractivity contribution in [1.82, 2.24) is 20.1 Å². The molecule has 0 saturated carbocycles. The number of piperidine rings is 1. The molecule has 9 nitrogen and oxygen atoms in total. The summed E-state index contributed by atoms with van der Waals surface area (Å²) in [6, 6.07) is 13.7. The number of halogens is 3. The van der Waals surface area contributed by atoms with Gasteiger partial charge in [-0.05, 0) is 75.9 Å². The van der Waals surface area contributed by atoms with Crippen molar-refractivity contribution in [1.29, 1.82) is 5.26 Å². The minimum Gasteiger partial charge on any atom is -0.444 e. The van der Waals surface area contributed by atoms with E-state index in [0.717, 1.165) is 17.5 Å². The highest BCUT2D eigenvalue weighted by Gasteiger charge is 2.31. The number of alkyl carbamates (subject to hydrolysis) is 1. The van der Waals surface area contributed by atoms with Crippen LogP contribution in [-0.2, 0) is 22.3 Å². The number of carbonyl (C=O) groups excluding carboxylic acids is 3. The average molecular weight is 612 g/mol. The van der Waals surface area contributed by atoms with Crippen LogP contribution in [-0.4, -0.2) is 59.2 Å². The minimum atomic E-state index is -4.45. The lowest BCUT2D eigenvalue weighted by atomic mass is 9.95. The lowest BCUT2D eigenvalue weighted by Gasteiger charge is -2.31. The molecule has 234 valence electrons. The molecule has 4 rings (SSSR count). The molecule has 0 spiro atoms. The molecule has 44 heavy (non-hydrogen) atoms. The minimum absolute atomic E-state index is 0.102. The Hall–Kier alpha value is -4.53. The third kappa shape index (κ3) is 8.30. The lowest BCUT2D eigenvalue weighted by Crippen LogP contribution is -2.44. The average Bonchev–Trinajstić information content (AvgIpc) is 3.32. The second-order valence-corrected chi connectivity index (χ2v) is 11.8. The Morgan fingerprint density at radius 2 is 1.64 bits per heavy atom. The van der Waals surface area contributed by atoms with Gasteiger partial charge in [0.2, 0.25) is 5.91 Å². The van der Waals surface area contributed by atoms with Crippen LogP contribution in [0.2, 0.25) is 0 Å². The van der Waals surface area contributed by atoms with Crippen LogP contribution >= 0.6 is 0 Å². The fourth-order valence-electron chi connectivity index (χ4n) is 5.11. The first-order chi connectivity index (χ1) is 20.7. The molecule has 0 atom stereocenters. The number of amides is 3. The van der Waals surface area contributed by atoms with E-state index in [9.17, 15) is 32.8 Å².